The number of nitriles is 1. The number of amides is 1. The molecule has 1 spiro atoms. The van der Waals surface area contributed by atoms with Gasteiger partial charge >= 0.3 is 6.18 Å². The molecule has 2 saturated heterocycles. The molecule has 1 saturated carbocycles. The molecule has 1 atom stereocenters. The van der Waals surface area contributed by atoms with Crippen LogP contribution in [0.25, 0.3) is 0 Å². The highest BCUT2D eigenvalue weighted by molar-refractivity contribution is 7.81. The second kappa shape index (κ2) is 8.88. The van der Waals surface area contributed by atoms with Crippen LogP contribution in [0.4, 0.5) is 33.3 Å². The average molecular weight is 538 g/mol. The van der Waals surface area contributed by atoms with Crippen LogP contribution in [-0.2, 0) is 11.0 Å². The minimum atomic E-state index is -4.85. The second-order valence-electron chi connectivity index (χ2n) is 9.17. The van der Waals surface area contributed by atoms with Crippen LogP contribution in [0.2, 0.25) is 0 Å². The van der Waals surface area contributed by atoms with E-state index in [4.69, 9.17) is 22.2 Å². The SMILES string of the molecule is N#Cc1ncc(N2C(=O)C3(CCC3)N(c3ccc(OC4CCNCC4(F)F)cc3)C2=S)cc1C(F)(F)F. The zero-order valence-electron chi connectivity index (χ0n) is 19.2. The summed E-state index contributed by atoms with van der Waals surface area (Å²) in [7, 11) is 0. The highest BCUT2D eigenvalue weighted by Gasteiger charge is 2.59. The van der Waals surface area contributed by atoms with Gasteiger partial charge in [-0.2, -0.15) is 18.4 Å². The maximum Gasteiger partial charge on any atom is 0.419 e. The van der Waals surface area contributed by atoms with Crippen molar-refractivity contribution in [2.75, 3.05) is 22.9 Å². The Hall–Kier alpha value is -3.37. The summed E-state index contributed by atoms with van der Waals surface area (Å²) in [5, 5.41) is 11.6. The maximum atomic E-state index is 14.1. The van der Waals surface area contributed by atoms with Gasteiger partial charge in [0.05, 0.1) is 24.0 Å². The summed E-state index contributed by atoms with van der Waals surface area (Å²) in [6.45, 7) is -0.0698. The Morgan fingerprint density at radius 1 is 1.19 bits per heavy atom. The minimum absolute atomic E-state index is 0.0390. The van der Waals surface area contributed by atoms with Crippen molar-refractivity contribution in [3.8, 4) is 11.8 Å². The number of ether oxygens (including phenoxy) is 1. The van der Waals surface area contributed by atoms with Crippen molar-refractivity contribution in [3.05, 3.63) is 47.8 Å². The van der Waals surface area contributed by atoms with Crippen molar-refractivity contribution < 1.29 is 31.5 Å². The summed E-state index contributed by atoms with van der Waals surface area (Å²) in [5.74, 6) is -3.30. The third-order valence-corrected chi connectivity index (χ3v) is 7.29. The topological polar surface area (TPSA) is 81.5 Å². The molecule has 1 unspecified atom stereocenters. The van der Waals surface area contributed by atoms with Crippen LogP contribution < -0.4 is 19.9 Å². The number of aromatic nitrogens is 1. The molecule has 13 heteroatoms. The van der Waals surface area contributed by atoms with Crippen molar-refractivity contribution in [1.82, 2.24) is 10.3 Å². The van der Waals surface area contributed by atoms with E-state index < -0.39 is 47.5 Å². The number of nitrogens with one attached hydrogen (secondary N) is 1. The predicted molar refractivity (Wildman–Crippen MR) is 126 cm³/mol. The van der Waals surface area contributed by atoms with Gasteiger partial charge in [0.15, 0.2) is 16.9 Å². The lowest BCUT2D eigenvalue weighted by Crippen LogP contribution is -2.55. The predicted octanol–water partition coefficient (Wildman–Crippen LogP) is 4.41. The monoisotopic (exact) mass is 537 g/mol. The van der Waals surface area contributed by atoms with Crippen LogP contribution in [0.3, 0.4) is 0 Å². The Balaban J connectivity index is 1.45. The molecule has 1 aromatic carbocycles. The molecule has 1 aliphatic carbocycles. The molecule has 194 valence electrons. The Bertz CT molecular complexity index is 1290. The number of carbonyl (C=O) groups excluding carboxylic acids is 1. The Morgan fingerprint density at radius 3 is 2.46 bits per heavy atom. The first-order valence-electron chi connectivity index (χ1n) is 11.5. The number of thiocarbonyl (C=S) groups is 1. The van der Waals surface area contributed by atoms with Gasteiger partial charge in [-0.25, -0.2) is 13.8 Å². The van der Waals surface area contributed by atoms with Gasteiger partial charge in [-0.3, -0.25) is 9.69 Å². The van der Waals surface area contributed by atoms with Gasteiger partial charge in [-0.1, -0.05) is 0 Å². The van der Waals surface area contributed by atoms with E-state index in [9.17, 15) is 26.7 Å². The number of anilines is 2. The van der Waals surface area contributed by atoms with Crippen molar-refractivity contribution in [2.24, 2.45) is 0 Å². The van der Waals surface area contributed by atoms with E-state index in [0.717, 1.165) is 11.1 Å². The molecule has 3 fully saturated rings. The normalized spacial score (nSPS) is 22.6. The Labute approximate surface area is 213 Å². The molecular formula is C24H20F5N5O2S. The molecule has 0 bridgehead atoms. The molecule has 0 radical (unpaired) electrons. The molecule has 5 rings (SSSR count). The number of alkyl halides is 5. The number of rotatable bonds is 4. The number of carbonyl (C=O) groups is 1. The second-order valence-corrected chi connectivity index (χ2v) is 9.53. The van der Waals surface area contributed by atoms with Crippen LogP contribution in [0.1, 0.15) is 36.9 Å². The van der Waals surface area contributed by atoms with Gasteiger partial charge in [0.1, 0.15) is 17.4 Å². The number of benzene rings is 1. The summed E-state index contributed by atoms with van der Waals surface area (Å²) >= 11 is 5.56. The third-order valence-electron chi connectivity index (χ3n) is 6.92. The fraction of sp³-hybridized carbons (Fsp3) is 0.417. The van der Waals surface area contributed by atoms with Crippen LogP contribution >= 0.6 is 12.2 Å². The minimum Gasteiger partial charge on any atom is -0.484 e. The lowest BCUT2D eigenvalue weighted by atomic mass is 9.75. The van der Waals surface area contributed by atoms with Crippen molar-refractivity contribution >= 4 is 34.6 Å². The molecule has 1 N–H and O–H groups in total. The number of pyridine rings is 1. The van der Waals surface area contributed by atoms with Crippen molar-refractivity contribution in [2.45, 2.75) is 49.4 Å². The number of nitrogens with zero attached hydrogens (tertiary/aromatic N) is 4. The highest BCUT2D eigenvalue weighted by atomic mass is 32.1. The number of piperidine rings is 1. The summed E-state index contributed by atoms with van der Waals surface area (Å²) < 4.78 is 74.4. The first-order chi connectivity index (χ1) is 17.5. The molecular weight excluding hydrogens is 517 g/mol. The molecule has 1 aromatic heterocycles. The number of halogens is 5. The summed E-state index contributed by atoms with van der Waals surface area (Å²) in [5.41, 5.74) is -2.86. The van der Waals surface area contributed by atoms with Crippen LogP contribution in [0, 0.1) is 11.3 Å². The Kier molecular flexibility index (Phi) is 6.07. The molecule has 7 nitrogen and oxygen atoms in total. The van der Waals surface area contributed by atoms with Gasteiger partial charge in [0.25, 0.3) is 11.8 Å². The van der Waals surface area contributed by atoms with E-state index in [1.807, 2.05) is 0 Å². The number of hydrogen-bond acceptors (Lipinski definition) is 6. The van der Waals surface area contributed by atoms with E-state index in [1.165, 1.54) is 18.2 Å². The van der Waals surface area contributed by atoms with Crippen molar-refractivity contribution in [3.63, 3.8) is 0 Å². The van der Waals surface area contributed by atoms with Gasteiger partial charge in [0, 0.05) is 12.1 Å². The van der Waals surface area contributed by atoms with E-state index in [1.54, 1.807) is 17.0 Å². The highest BCUT2D eigenvalue weighted by Crippen LogP contribution is 2.48. The Morgan fingerprint density at radius 2 is 1.89 bits per heavy atom. The van der Waals surface area contributed by atoms with Crippen molar-refractivity contribution in [1.29, 1.82) is 5.26 Å². The van der Waals surface area contributed by atoms with Gasteiger partial charge < -0.3 is 15.0 Å². The zero-order chi connectivity index (χ0) is 26.6. The van der Waals surface area contributed by atoms with E-state index >= 15 is 0 Å². The third kappa shape index (κ3) is 4.18. The standard InChI is InChI=1S/C24H20F5N5O2S/c25-23(26)13-31-9-6-19(23)36-16-4-2-14(3-5-16)34-21(37)33(20(35)22(34)7-1-8-22)15-10-17(24(27,28)29)18(11-30)32-12-15/h2-5,10,12,19,31H,1,6-9,13H2. The smallest absolute Gasteiger partial charge is 0.419 e. The first-order valence-corrected chi connectivity index (χ1v) is 11.9. The van der Waals surface area contributed by atoms with Gasteiger partial charge in [0.2, 0.25) is 0 Å². The fourth-order valence-corrected chi connectivity index (χ4v) is 5.35. The van der Waals surface area contributed by atoms with E-state index in [0.29, 0.717) is 37.6 Å². The van der Waals surface area contributed by atoms with Crippen LogP contribution in [0.5, 0.6) is 5.75 Å². The van der Waals surface area contributed by atoms with Crippen LogP contribution in [-0.4, -0.2) is 46.7 Å². The van der Waals surface area contributed by atoms with E-state index in [-0.39, 0.29) is 23.0 Å². The number of hydrogen-bond donors (Lipinski definition) is 1. The molecule has 2 aliphatic heterocycles. The van der Waals surface area contributed by atoms with Gasteiger partial charge in [-0.15, -0.1) is 0 Å². The van der Waals surface area contributed by atoms with Gasteiger partial charge in [-0.05, 0) is 68.4 Å². The lowest BCUT2D eigenvalue weighted by Gasteiger charge is -2.43. The molecule has 3 aliphatic rings. The maximum absolute atomic E-state index is 14.1. The molecule has 3 heterocycles. The zero-order valence-corrected chi connectivity index (χ0v) is 20.0. The fourth-order valence-electron chi connectivity index (χ4n) is 4.89. The first kappa shape index (κ1) is 25.3. The quantitative estimate of drug-likeness (QED) is 0.457. The lowest BCUT2D eigenvalue weighted by molar-refractivity contribution is -0.138. The van der Waals surface area contributed by atoms with E-state index in [2.05, 4.69) is 10.3 Å². The van der Waals surface area contributed by atoms with Crippen LogP contribution in [0.15, 0.2) is 36.5 Å². The largest absolute Gasteiger partial charge is 0.484 e. The summed E-state index contributed by atoms with van der Waals surface area (Å²) in [6.07, 6.45) is -3.41. The molecule has 1 amide bonds. The molecule has 37 heavy (non-hydrogen) atoms. The average Bonchev–Trinajstić information content (AvgIpc) is 3.06. The summed E-state index contributed by atoms with van der Waals surface area (Å²) in [6, 6.07) is 8.27. The summed E-state index contributed by atoms with van der Waals surface area (Å²) in [4.78, 5) is 19.7. The molecule has 2 aromatic rings.